The number of piperidine rings is 1. The van der Waals surface area contributed by atoms with Crippen molar-refractivity contribution in [1.29, 1.82) is 0 Å². The van der Waals surface area contributed by atoms with E-state index in [2.05, 4.69) is 34.1 Å². The summed E-state index contributed by atoms with van der Waals surface area (Å²) in [6.45, 7) is 2.96. The molecule has 2 aromatic carbocycles. The van der Waals surface area contributed by atoms with Gasteiger partial charge in [0, 0.05) is 37.3 Å². The number of amides is 3. The number of carbonyl (C=O) groups is 3. The number of carbonyl (C=O) groups excluding carboxylic acids is 3. The Hall–Kier alpha value is -3.19. The van der Waals surface area contributed by atoms with Gasteiger partial charge in [0.2, 0.25) is 11.8 Å². The molecule has 0 radical (unpaired) electrons. The summed E-state index contributed by atoms with van der Waals surface area (Å²) in [5.74, 6) is -0.785. The maximum absolute atomic E-state index is 12.9. The molecule has 1 unspecified atom stereocenters. The normalized spacial score (nSPS) is 20.6. The fraction of sp³-hybridized carbons (Fsp3) is 0.348. The number of benzene rings is 2. The lowest BCUT2D eigenvalue weighted by molar-refractivity contribution is -0.136. The van der Waals surface area contributed by atoms with Crippen molar-refractivity contribution in [3.05, 3.63) is 64.2 Å². The second-order valence-electron chi connectivity index (χ2n) is 8.16. The van der Waals surface area contributed by atoms with Crippen LogP contribution in [-0.2, 0) is 35.6 Å². The number of hydrogen-bond acceptors (Lipinski definition) is 5. The number of imide groups is 1. The minimum Gasteiger partial charge on any atom is -0.381 e. The van der Waals surface area contributed by atoms with Crippen molar-refractivity contribution in [3.8, 4) is 0 Å². The van der Waals surface area contributed by atoms with E-state index < -0.39 is 6.04 Å². The van der Waals surface area contributed by atoms with Gasteiger partial charge in [-0.1, -0.05) is 18.2 Å². The number of fused-ring (bicyclic) bond motifs is 2. The van der Waals surface area contributed by atoms with Crippen molar-refractivity contribution in [3.63, 3.8) is 0 Å². The smallest absolute Gasteiger partial charge is 0.255 e. The van der Waals surface area contributed by atoms with Gasteiger partial charge in [0.05, 0.1) is 0 Å². The van der Waals surface area contributed by atoms with Gasteiger partial charge in [0.15, 0.2) is 0 Å². The zero-order valence-electron chi connectivity index (χ0n) is 16.7. The molecule has 7 heteroatoms. The maximum atomic E-state index is 12.9. The standard InChI is InChI=1S/C23H24N4O3/c28-21-6-5-20(22(29)26-21)27-13-17-2-1-14(9-19(17)23(27)30)11-25-18-4-3-16-12-24-8-7-15(16)10-18/h1-4,9-10,20,24-25H,5-8,11-13H2,(H,26,28,29). The van der Waals surface area contributed by atoms with Gasteiger partial charge in [-0.2, -0.15) is 0 Å². The molecule has 3 aliphatic rings. The zero-order valence-corrected chi connectivity index (χ0v) is 16.7. The Labute approximate surface area is 174 Å². The first kappa shape index (κ1) is 18.8. The van der Waals surface area contributed by atoms with Gasteiger partial charge in [-0.15, -0.1) is 0 Å². The van der Waals surface area contributed by atoms with E-state index in [4.69, 9.17) is 0 Å². The van der Waals surface area contributed by atoms with E-state index in [-0.39, 0.29) is 24.1 Å². The van der Waals surface area contributed by atoms with Gasteiger partial charge in [0.1, 0.15) is 6.04 Å². The van der Waals surface area contributed by atoms with Gasteiger partial charge in [0.25, 0.3) is 5.91 Å². The van der Waals surface area contributed by atoms with Crippen molar-refractivity contribution in [2.45, 2.75) is 44.9 Å². The lowest BCUT2D eigenvalue weighted by Gasteiger charge is -2.29. The molecular weight excluding hydrogens is 380 g/mol. The molecule has 3 N–H and O–H groups in total. The molecule has 1 atom stereocenters. The van der Waals surface area contributed by atoms with Gasteiger partial charge in [-0.25, -0.2) is 0 Å². The van der Waals surface area contributed by atoms with Crippen LogP contribution in [-0.4, -0.2) is 35.2 Å². The van der Waals surface area contributed by atoms with Crippen LogP contribution >= 0.6 is 0 Å². The van der Waals surface area contributed by atoms with E-state index in [0.29, 0.717) is 25.1 Å². The average molecular weight is 404 g/mol. The van der Waals surface area contributed by atoms with Crippen LogP contribution in [0.5, 0.6) is 0 Å². The molecule has 154 valence electrons. The molecule has 0 aliphatic carbocycles. The first-order chi connectivity index (χ1) is 14.6. The molecule has 0 spiro atoms. The number of anilines is 1. The number of nitrogens with zero attached hydrogens (tertiary/aromatic N) is 1. The monoisotopic (exact) mass is 404 g/mol. The van der Waals surface area contributed by atoms with Crippen molar-refractivity contribution >= 4 is 23.4 Å². The van der Waals surface area contributed by atoms with Crippen molar-refractivity contribution in [2.24, 2.45) is 0 Å². The van der Waals surface area contributed by atoms with Crippen LogP contribution in [0.3, 0.4) is 0 Å². The van der Waals surface area contributed by atoms with Gasteiger partial charge >= 0.3 is 0 Å². The zero-order chi connectivity index (χ0) is 20.7. The number of hydrogen-bond donors (Lipinski definition) is 3. The summed E-state index contributed by atoms with van der Waals surface area (Å²) in [6.07, 6.45) is 1.68. The highest BCUT2D eigenvalue weighted by Gasteiger charge is 2.39. The van der Waals surface area contributed by atoms with E-state index in [1.54, 1.807) is 4.90 Å². The van der Waals surface area contributed by atoms with Crippen molar-refractivity contribution in [2.75, 3.05) is 11.9 Å². The molecule has 0 saturated carbocycles. The molecule has 7 nitrogen and oxygen atoms in total. The third kappa shape index (κ3) is 3.45. The molecule has 5 rings (SSSR count). The topological polar surface area (TPSA) is 90.5 Å². The average Bonchev–Trinajstić information content (AvgIpc) is 3.08. The van der Waals surface area contributed by atoms with Crippen LogP contribution in [0.25, 0.3) is 0 Å². The molecular formula is C23H24N4O3. The van der Waals surface area contributed by atoms with Crippen LogP contribution in [0.1, 0.15) is 45.5 Å². The Morgan fingerprint density at radius 2 is 1.87 bits per heavy atom. The van der Waals surface area contributed by atoms with Crippen LogP contribution in [0, 0.1) is 0 Å². The maximum Gasteiger partial charge on any atom is 0.255 e. The largest absolute Gasteiger partial charge is 0.381 e. The highest BCUT2D eigenvalue weighted by atomic mass is 16.2. The molecule has 30 heavy (non-hydrogen) atoms. The van der Waals surface area contributed by atoms with Crippen LogP contribution in [0.15, 0.2) is 36.4 Å². The Morgan fingerprint density at radius 1 is 1.00 bits per heavy atom. The summed E-state index contributed by atoms with van der Waals surface area (Å²) >= 11 is 0. The molecule has 3 aliphatic heterocycles. The Balaban J connectivity index is 1.28. The SMILES string of the molecule is O=C1CCC(N2Cc3ccc(CNc4ccc5c(c4)CCNC5)cc3C2=O)C(=O)N1. The quantitative estimate of drug-likeness (QED) is 0.675. The summed E-state index contributed by atoms with van der Waals surface area (Å²) in [5.41, 5.74) is 6.40. The summed E-state index contributed by atoms with van der Waals surface area (Å²) in [7, 11) is 0. The Bertz CT molecular complexity index is 1050. The highest BCUT2D eigenvalue weighted by molar-refractivity contribution is 6.05. The molecule has 2 aromatic rings. The summed E-state index contributed by atoms with van der Waals surface area (Å²) < 4.78 is 0. The molecule has 1 fully saturated rings. The lowest BCUT2D eigenvalue weighted by Crippen LogP contribution is -2.52. The molecule has 1 saturated heterocycles. The minimum atomic E-state index is -0.575. The van der Waals surface area contributed by atoms with Crippen LogP contribution in [0.2, 0.25) is 0 Å². The summed E-state index contributed by atoms with van der Waals surface area (Å²) in [6, 6.07) is 11.8. The minimum absolute atomic E-state index is 0.136. The highest BCUT2D eigenvalue weighted by Crippen LogP contribution is 2.28. The molecule has 3 amide bonds. The second kappa shape index (κ2) is 7.57. The van der Waals surface area contributed by atoms with Gasteiger partial charge in [-0.3, -0.25) is 19.7 Å². The van der Waals surface area contributed by atoms with E-state index in [0.717, 1.165) is 36.3 Å². The van der Waals surface area contributed by atoms with E-state index >= 15 is 0 Å². The number of rotatable bonds is 4. The lowest BCUT2D eigenvalue weighted by atomic mass is 10.0. The third-order valence-corrected chi connectivity index (χ3v) is 6.18. The van der Waals surface area contributed by atoms with Gasteiger partial charge in [-0.05, 0) is 59.8 Å². The fourth-order valence-electron chi connectivity index (χ4n) is 4.50. The van der Waals surface area contributed by atoms with E-state index in [1.165, 1.54) is 11.1 Å². The Morgan fingerprint density at radius 3 is 2.73 bits per heavy atom. The predicted molar refractivity (Wildman–Crippen MR) is 112 cm³/mol. The first-order valence-electron chi connectivity index (χ1n) is 10.4. The Kier molecular flexibility index (Phi) is 4.75. The summed E-state index contributed by atoms with van der Waals surface area (Å²) in [4.78, 5) is 38.1. The summed E-state index contributed by atoms with van der Waals surface area (Å²) in [5, 5.41) is 9.18. The van der Waals surface area contributed by atoms with Crippen LogP contribution < -0.4 is 16.0 Å². The van der Waals surface area contributed by atoms with E-state index in [1.807, 2.05) is 18.2 Å². The molecule has 0 bridgehead atoms. The van der Waals surface area contributed by atoms with Gasteiger partial charge < -0.3 is 15.5 Å². The first-order valence-corrected chi connectivity index (χ1v) is 10.4. The molecule has 0 aromatic heterocycles. The third-order valence-electron chi connectivity index (χ3n) is 6.18. The number of nitrogens with one attached hydrogen (secondary N) is 3. The van der Waals surface area contributed by atoms with E-state index in [9.17, 15) is 14.4 Å². The second-order valence-corrected chi connectivity index (χ2v) is 8.16. The predicted octanol–water partition coefficient (Wildman–Crippen LogP) is 1.71. The van der Waals surface area contributed by atoms with Crippen LogP contribution in [0.4, 0.5) is 5.69 Å². The molecule has 3 heterocycles. The van der Waals surface area contributed by atoms with Crippen molar-refractivity contribution in [1.82, 2.24) is 15.5 Å². The fourth-order valence-corrected chi connectivity index (χ4v) is 4.50. The van der Waals surface area contributed by atoms with Crippen molar-refractivity contribution < 1.29 is 14.4 Å².